The van der Waals surface area contributed by atoms with Gasteiger partial charge in [-0.25, -0.2) is 0 Å². The summed E-state index contributed by atoms with van der Waals surface area (Å²) in [5, 5.41) is 3.65. The molecule has 1 fully saturated rings. The fraction of sp³-hybridized carbons (Fsp3) is 0.444. The van der Waals surface area contributed by atoms with Crippen molar-refractivity contribution in [3.63, 3.8) is 0 Å². The molecule has 0 unspecified atom stereocenters. The Hall–Kier alpha value is -1.12. The Bertz CT molecular complexity index is 511. The third kappa shape index (κ3) is 3.71. The van der Waals surface area contributed by atoms with Crippen molar-refractivity contribution in [3.8, 4) is 10.4 Å². The zero-order chi connectivity index (χ0) is 13.6. The minimum atomic E-state index is 0.914. The molecular weight excluding hydrogens is 262 g/mol. The first-order valence-corrected chi connectivity index (χ1v) is 8.58. The molecule has 1 nitrogen and oxygen atoms in total. The fourth-order valence-electron chi connectivity index (χ4n) is 3.02. The number of hydrogen-bond acceptors (Lipinski definition) is 2. The van der Waals surface area contributed by atoms with E-state index < -0.39 is 0 Å². The van der Waals surface area contributed by atoms with E-state index in [0.717, 1.165) is 12.5 Å². The highest BCUT2D eigenvalue weighted by Gasteiger charge is 2.12. The van der Waals surface area contributed by atoms with Crippen LogP contribution in [0.3, 0.4) is 0 Å². The Labute approximate surface area is 126 Å². The first-order chi connectivity index (χ1) is 9.92. The molecule has 2 aromatic rings. The Kier molecular flexibility index (Phi) is 4.88. The molecule has 2 heteroatoms. The third-order valence-corrected chi connectivity index (χ3v) is 5.31. The predicted octanol–water partition coefficient (Wildman–Crippen LogP) is 5.09. The lowest BCUT2D eigenvalue weighted by Crippen LogP contribution is -2.23. The van der Waals surface area contributed by atoms with Gasteiger partial charge in [0.15, 0.2) is 0 Å². The predicted molar refractivity (Wildman–Crippen MR) is 88.0 cm³/mol. The van der Waals surface area contributed by atoms with Gasteiger partial charge in [-0.05, 0) is 43.0 Å². The lowest BCUT2D eigenvalue weighted by atomic mass is 9.89. The van der Waals surface area contributed by atoms with Crippen LogP contribution in [0, 0.1) is 5.92 Å². The summed E-state index contributed by atoms with van der Waals surface area (Å²) in [6.45, 7) is 2.21. The van der Waals surface area contributed by atoms with Gasteiger partial charge in [0.2, 0.25) is 0 Å². The monoisotopic (exact) mass is 285 g/mol. The fourth-order valence-corrected chi connectivity index (χ4v) is 4.00. The first kappa shape index (κ1) is 13.8. The summed E-state index contributed by atoms with van der Waals surface area (Å²) in [6, 6.07) is 15.2. The van der Waals surface area contributed by atoms with Crippen molar-refractivity contribution in [2.45, 2.75) is 38.6 Å². The summed E-state index contributed by atoms with van der Waals surface area (Å²) in [4.78, 5) is 2.82. The van der Waals surface area contributed by atoms with E-state index in [1.807, 2.05) is 11.3 Å². The van der Waals surface area contributed by atoms with Crippen molar-refractivity contribution in [2.75, 3.05) is 6.54 Å². The van der Waals surface area contributed by atoms with Gasteiger partial charge in [-0.15, -0.1) is 11.3 Å². The van der Waals surface area contributed by atoms with E-state index in [9.17, 15) is 0 Å². The summed E-state index contributed by atoms with van der Waals surface area (Å²) in [5.41, 5.74) is 1.33. The second kappa shape index (κ2) is 7.05. The van der Waals surface area contributed by atoms with E-state index in [4.69, 9.17) is 0 Å². The maximum absolute atomic E-state index is 3.65. The summed E-state index contributed by atoms with van der Waals surface area (Å²) in [6.07, 6.45) is 7.16. The van der Waals surface area contributed by atoms with Crippen molar-refractivity contribution in [3.05, 3.63) is 47.3 Å². The van der Waals surface area contributed by atoms with Gasteiger partial charge in [0.1, 0.15) is 0 Å². The van der Waals surface area contributed by atoms with Crippen LogP contribution in [0.15, 0.2) is 42.5 Å². The molecule has 1 aromatic heterocycles. The topological polar surface area (TPSA) is 12.0 Å². The van der Waals surface area contributed by atoms with Gasteiger partial charge >= 0.3 is 0 Å². The Morgan fingerprint density at radius 1 is 0.950 bits per heavy atom. The molecule has 0 aliphatic heterocycles. The summed E-state index contributed by atoms with van der Waals surface area (Å²) in [5.74, 6) is 0.914. The first-order valence-electron chi connectivity index (χ1n) is 7.77. The molecule has 0 bridgehead atoms. The molecule has 1 saturated carbocycles. The molecule has 106 valence electrons. The molecular formula is C18H23NS. The molecule has 1 N–H and O–H groups in total. The SMILES string of the molecule is c1ccc(-c2ccc(CNCC3CCCCC3)s2)cc1. The number of hydrogen-bond donors (Lipinski definition) is 1. The van der Waals surface area contributed by atoms with Gasteiger partial charge in [0, 0.05) is 16.3 Å². The van der Waals surface area contributed by atoms with Crippen molar-refractivity contribution >= 4 is 11.3 Å². The van der Waals surface area contributed by atoms with Crippen LogP contribution in [0.5, 0.6) is 0 Å². The van der Waals surface area contributed by atoms with E-state index in [1.54, 1.807) is 0 Å². The van der Waals surface area contributed by atoms with Crippen LogP contribution in [-0.2, 0) is 6.54 Å². The van der Waals surface area contributed by atoms with Crippen LogP contribution in [0.2, 0.25) is 0 Å². The molecule has 0 atom stereocenters. The second-order valence-electron chi connectivity index (χ2n) is 5.77. The van der Waals surface area contributed by atoms with E-state index >= 15 is 0 Å². The van der Waals surface area contributed by atoms with Gasteiger partial charge in [0.05, 0.1) is 0 Å². The molecule has 1 heterocycles. The van der Waals surface area contributed by atoms with E-state index in [-0.39, 0.29) is 0 Å². The standard InChI is InChI=1S/C18H23NS/c1-3-7-15(8-4-1)13-19-14-17-11-12-18(20-17)16-9-5-2-6-10-16/h2,5-6,9-12,15,19H,1,3-4,7-8,13-14H2. The molecule has 0 spiro atoms. The summed E-state index contributed by atoms with van der Waals surface area (Å²) < 4.78 is 0. The van der Waals surface area contributed by atoms with Crippen molar-refractivity contribution < 1.29 is 0 Å². The lowest BCUT2D eigenvalue weighted by molar-refractivity contribution is 0.342. The van der Waals surface area contributed by atoms with E-state index in [2.05, 4.69) is 47.8 Å². The van der Waals surface area contributed by atoms with Crippen LogP contribution in [-0.4, -0.2) is 6.54 Å². The zero-order valence-corrected chi connectivity index (χ0v) is 12.8. The van der Waals surface area contributed by atoms with Crippen LogP contribution in [0.4, 0.5) is 0 Å². The molecule has 20 heavy (non-hydrogen) atoms. The van der Waals surface area contributed by atoms with Gasteiger partial charge < -0.3 is 5.32 Å². The molecule has 1 aliphatic carbocycles. The van der Waals surface area contributed by atoms with Crippen LogP contribution in [0.1, 0.15) is 37.0 Å². The highest BCUT2D eigenvalue weighted by atomic mass is 32.1. The Morgan fingerprint density at radius 3 is 2.55 bits per heavy atom. The number of nitrogens with one attached hydrogen (secondary N) is 1. The lowest BCUT2D eigenvalue weighted by Gasteiger charge is -2.21. The molecule has 0 amide bonds. The average Bonchev–Trinajstić information content (AvgIpc) is 2.98. The zero-order valence-electron chi connectivity index (χ0n) is 12.0. The molecule has 1 aromatic carbocycles. The van der Waals surface area contributed by atoms with Crippen LogP contribution >= 0.6 is 11.3 Å². The van der Waals surface area contributed by atoms with Crippen LogP contribution in [0.25, 0.3) is 10.4 Å². The normalized spacial score (nSPS) is 16.4. The molecule has 1 aliphatic rings. The molecule has 3 rings (SSSR count). The quantitative estimate of drug-likeness (QED) is 0.807. The van der Waals surface area contributed by atoms with Gasteiger partial charge in [-0.1, -0.05) is 49.6 Å². The minimum Gasteiger partial charge on any atom is -0.312 e. The maximum atomic E-state index is 3.65. The Morgan fingerprint density at radius 2 is 1.75 bits per heavy atom. The highest BCUT2D eigenvalue weighted by Crippen LogP contribution is 2.28. The number of thiophene rings is 1. The number of benzene rings is 1. The molecule has 0 saturated heterocycles. The molecule has 0 radical (unpaired) electrons. The smallest absolute Gasteiger partial charge is 0.0346 e. The van der Waals surface area contributed by atoms with Crippen molar-refractivity contribution in [2.24, 2.45) is 5.92 Å². The van der Waals surface area contributed by atoms with E-state index in [0.29, 0.717) is 0 Å². The second-order valence-corrected chi connectivity index (χ2v) is 6.94. The van der Waals surface area contributed by atoms with Crippen LogP contribution < -0.4 is 5.32 Å². The Balaban J connectivity index is 1.50. The van der Waals surface area contributed by atoms with Crippen molar-refractivity contribution in [1.82, 2.24) is 5.32 Å². The van der Waals surface area contributed by atoms with Gasteiger partial charge in [0.25, 0.3) is 0 Å². The number of rotatable bonds is 5. The van der Waals surface area contributed by atoms with Gasteiger partial charge in [-0.2, -0.15) is 0 Å². The maximum Gasteiger partial charge on any atom is 0.0346 e. The minimum absolute atomic E-state index is 0.914. The summed E-state index contributed by atoms with van der Waals surface area (Å²) in [7, 11) is 0. The largest absolute Gasteiger partial charge is 0.312 e. The van der Waals surface area contributed by atoms with E-state index in [1.165, 1.54) is 54.0 Å². The van der Waals surface area contributed by atoms with Gasteiger partial charge in [-0.3, -0.25) is 0 Å². The summed E-state index contributed by atoms with van der Waals surface area (Å²) >= 11 is 1.91. The highest BCUT2D eigenvalue weighted by molar-refractivity contribution is 7.15. The third-order valence-electron chi connectivity index (χ3n) is 4.18. The van der Waals surface area contributed by atoms with Crippen molar-refractivity contribution in [1.29, 1.82) is 0 Å². The average molecular weight is 285 g/mol.